The topological polar surface area (TPSA) is 35.6 Å². The fourth-order valence-corrected chi connectivity index (χ4v) is 3.11. The van der Waals surface area contributed by atoms with E-state index in [1.807, 2.05) is 24.3 Å². The van der Waals surface area contributed by atoms with Crippen molar-refractivity contribution in [3.05, 3.63) is 59.9 Å². The molecule has 0 spiro atoms. The number of Topliss-reactive ketones (excluding diaryl/α,β-unsaturated/α-hetero) is 1. The number of halogens is 1. The summed E-state index contributed by atoms with van der Waals surface area (Å²) in [5.41, 5.74) is 2.63. The minimum Gasteiger partial charge on any atom is -0.368 e. The number of hydrogen-bond acceptors (Lipinski definition) is 3. The number of ketones is 1. The summed E-state index contributed by atoms with van der Waals surface area (Å²) in [5, 5.41) is 3.80. The molecule has 2 aromatic carbocycles. The molecule has 1 aliphatic rings. The summed E-state index contributed by atoms with van der Waals surface area (Å²) in [5.74, 6) is -0.186. The molecule has 0 bridgehead atoms. The van der Waals surface area contributed by atoms with Crippen LogP contribution >= 0.6 is 12.2 Å². The SMILES string of the molecule is CC(=O)c1ccc(N2CCN(C(=S)Nc3ccc(F)cc3)CC2)cc1. The molecule has 0 aromatic heterocycles. The molecule has 1 aliphatic heterocycles. The monoisotopic (exact) mass is 357 g/mol. The van der Waals surface area contributed by atoms with E-state index in [-0.39, 0.29) is 11.6 Å². The highest BCUT2D eigenvalue weighted by Gasteiger charge is 2.19. The van der Waals surface area contributed by atoms with Gasteiger partial charge >= 0.3 is 0 Å². The van der Waals surface area contributed by atoms with Crippen molar-refractivity contribution in [1.82, 2.24) is 4.90 Å². The lowest BCUT2D eigenvalue weighted by atomic mass is 10.1. The molecule has 1 heterocycles. The van der Waals surface area contributed by atoms with E-state index in [0.29, 0.717) is 5.11 Å². The molecule has 2 aromatic rings. The van der Waals surface area contributed by atoms with E-state index < -0.39 is 0 Å². The summed E-state index contributed by atoms with van der Waals surface area (Å²) in [6, 6.07) is 13.9. The van der Waals surface area contributed by atoms with Crippen LogP contribution in [-0.4, -0.2) is 42.0 Å². The quantitative estimate of drug-likeness (QED) is 0.671. The molecule has 25 heavy (non-hydrogen) atoms. The summed E-state index contributed by atoms with van der Waals surface area (Å²) in [7, 11) is 0. The summed E-state index contributed by atoms with van der Waals surface area (Å²) in [4.78, 5) is 15.7. The predicted molar refractivity (Wildman–Crippen MR) is 103 cm³/mol. The number of benzene rings is 2. The summed E-state index contributed by atoms with van der Waals surface area (Å²) >= 11 is 5.45. The minimum atomic E-state index is -0.263. The highest BCUT2D eigenvalue weighted by molar-refractivity contribution is 7.80. The molecule has 0 aliphatic carbocycles. The number of piperazine rings is 1. The van der Waals surface area contributed by atoms with Gasteiger partial charge < -0.3 is 15.1 Å². The molecule has 4 nitrogen and oxygen atoms in total. The maximum absolute atomic E-state index is 13.0. The second-order valence-corrected chi connectivity index (χ2v) is 6.40. The number of rotatable bonds is 3. The highest BCUT2D eigenvalue weighted by Crippen LogP contribution is 2.18. The molecular formula is C19H20FN3OS. The normalized spacial score (nSPS) is 14.3. The fourth-order valence-electron chi connectivity index (χ4n) is 2.81. The summed E-state index contributed by atoms with van der Waals surface area (Å²) in [6.07, 6.45) is 0. The van der Waals surface area contributed by atoms with Gasteiger partial charge in [0.2, 0.25) is 0 Å². The Bertz CT molecular complexity index is 753. The minimum absolute atomic E-state index is 0.0774. The van der Waals surface area contributed by atoms with Crippen molar-refractivity contribution in [1.29, 1.82) is 0 Å². The van der Waals surface area contributed by atoms with E-state index in [4.69, 9.17) is 12.2 Å². The first-order chi connectivity index (χ1) is 12.0. The second kappa shape index (κ2) is 7.61. The Hall–Kier alpha value is -2.47. The van der Waals surface area contributed by atoms with Crippen LogP contribution in [0.4, 0.5) is 15.8 Å². The van der Waals surface area contributed by atoms with Crippen LogP contribution in [-0.2, 0) is 0 Å². The lowest BCUT2D eigenvalue weighted by molar-refractivity contribution is 0.101. The molecule has 0 amide bonds. The van der Waals surface area contributed by atoms with Gasteiger partial charge in [0.25, 0.3) is 0 Å². The molecule has 1 N–H and O–H groups in total. The molecule has 1 fully saturated rings. The van der Waals surface area contributed by atoms with Crippen molar-refractivity contribution in [3.63, 3.8) is 0 Å². The van der Waals surface area contributed by atoms with Crippen LogP contribution in [0.5, 0.6) is 0 Å². The fraction of sp³-hybridized carbons (Fsp3) is 0.263. The van der Waals surface area contributed by atoms with Crippen LogP contribution in [0.25, 0.3) is 0 Å². The molecule has 0 unspecified atom stereocenters. The zero-order chi connectivity index (χ0) is 17.8. The van der Waals surface area contributed by atoms with E-state index in [1.54, 1.807) is 19.1 Å². The Morgan fingerprint density at radius 3 is 2.16 bits per heavy atom. The van der Waals surface area contributed by atoms with Gasteiger partial charge in [0.15, 0.2) is 10.9 Å². The standard InChI is InChI=1S/C19H20FN3OS/c1-14(24)15-2-8-18(9-3-15)22-10-12-23(13-11-22)19(25)21-17-6-4-16(20)5-7-17/h2-9H,10-13H2,1H3,(H,21,25). The van der Waals surface area contributed by atoms with Gasteiger partial charge in [-0.05, 0) is 67.7 Å². The zero-order valence-electron chi connectivity index (χ0n) is 14.0. The number of nitrogens with one attached hydrogen (secondary N) is 1. The van der Waals surface area contributed by atoms with Crippen molar-refractivity contribution in [3.8, 4) is 0 Å². The Kier molecular flexibility index (Phi) is 5.28. The van der Waals surface area contributed by atoms with E-state index >= 15 is 0 Å². The largest absolute Gasteiger partial charge is 0.368 e. The van der Waals surface area contributed by atoms with Gasteiger partial charge in [-0.3, -0.25) is 4.79 Å². The Morgan fingerprint density at radius 1 is 1.00 bits per heavy atom. The molecular weight excluding hydrogens is 337 g/mol. The molecule has 130 valence electrons. The zero-order valence-corrected chi connectivity index (χ0v) is 14.9. The summed E-state index contributed by atoms with van der Waals surface area (Å²) < 4.78 is 13.0. The van der Waals surface area contributed by atoms with Gasteiger partial charge in [0.05, 0.1) is 0 Å². The van der Waals surface area contributed by atoms with Crippen LogP contribution in [0.3, 0.4) is 0 Å². The van der Waals surface area contributed by atoms with Gasteiger partial charge in [-0.1, -0.05) is 0 Å². The van der Waals surface area contributed by atoms with E-state index in [9.17, 15) is 9.18 Å². The third-order valence-corrected chi connectivity index (χ3v) is 4.66. The highest BCUT2D eigenvalue weighted by atomic mass is 32.1. The number of carbonyl (C=O) groups is 1. The molecule has 6 heteroatoms. The molecule has 3 rings (SSSR count). The molecule has 0 radical (unpaired) electrons. The first kappa shape index (κ1) is 17.4. The van der Waals surface area contributed by atoms with Crippen molar-refractivity contribution in [2.45, 2.75) is 6.92 Å². The first-order valence-electron chi connectivity index (χ1n) is 8.20. The van der Waals surface area contributed by atoms with Crippen molar-refractivity contribution in [2.24, 2.45) is 0 Å². The average Bonchev–Trinajstić information content (AvgIpc) is 2.64. The third kappa shape index (κ3) is 4.33. The van der Waals surface area contributed by atoms with Crippen LogP contribution in [0, 0.1) is 5.82 Å². The van der Waals surface area contributed by atoms with Gasteiger partial charge in [-0.25, -0.2) is 4.39 Å². The maximum atomic E-state index is 13.0. The lowest BCUT2D eigenvalue weighted by Gasteiger charge is -2.37. The first-order valence-corrected chi connectivity index (χ1v) is 8.61. The lowest BCUT2D eigenvalue weighted by Crippen LogP contribution is -2.50. The number of hydrogen-bond donors (Lipinski definition) is 1. The smallest absolute Gasteiger partial charge is 0.173 e. The van der Waals surface area contributed by atoms with Crippen molar-refractivity contribution in [2.75, 3.05) is 36.4 Å². The number of carbonyl (C=O) groups excluding carboxylic acids is 1. The average molecular weight is 357 g/mol. The number of anilines is 2. The van der Waals surface area contributed by atoms with Crippen LogP contribution in [0.2, 0.25) is 0 Å². The predicted octanol–water partition coefficient (Wildman–Crippen LogP) is 3.55. The van der Waals surface area contributed by atoms with Crippen molar-refractivity contribution >= 4 is 34.5 Å². The number of nitrogens with zero attached hydrogens (tertiary/aromatic N) is 2. The third-order valence-electron chi connectivity index (χ3n) is 4.30. The van der Waals surface area contributed by atoms with Crippen LogP contribution in [0.1, 0.15) is 17.3 Å². The second-order valence-electron chi connectivity index (χ2n) is 6.01. The van der Waals surface area contributed by atoms with E-state index in [0.717, 1.165) is 43.1 Å². The van der Waals surface area contributed by atoms with Crippen molar-refractivity contribution < 1.29 is 9.18 Å². The Labute approximate surface area is 152 Å². The molecule has 0 atom stereocenters. The van der Waals surface area contributed by atoms with E-state index in [2.05, 4.69) is 15.1 Å². The summed E-state index contributed by atoms with van der Waals surface area (Å²) in [6.45, 7) is 4.89. The van der Waals surface area contributed by atoms with Crippen LogP contribution < -0.4 is 10.2 Å². The van der Waals surface area contributed by atoms with Gasteiger partial charge in [0, 0.05) is 43.1 Å². The maximum Gasteiger partial charge on any atom is 0.173 e. The van der Waals surface area contributed by atoms with Crippen LogP contribution in [0.15, 0.2) is 48.5 Å². The van der Waals surface area contributed by atoms with E-state index in [1.165, 1.54) is 12.1 Å². The Morgan fingerprint density at radius 2 is 1.60 bits per heavy atom. The van der Waals surface area contributed by atoms with Gasteiger partial charge in [0.1, 0.15) is 5.82 Å². The van der Waals surface area contributed by atoms with Gasteiger partial charge in [-0.2, -0.15) is 0 Å². The van der Waals surface area contributed by atoms with Gasteiger partial charge in [-0.15, -0.1) is 0 Å². The Balaban J connectivity index is 1.55. The molecule has 1 saturated heterocycles. The number of thiocarbonyl (C=S) groups is 1. The molecule has 0 saturated carbocycles.